The van der Waals surface area contributed by atoms with Crippen LogP contribution in [0.25, 0.3) is 0 Å². The number of carboxylic acid groups (broad SMARTS) is 1. The van der Waals surface area contributed by atoms with Gasteiger partial charge in [-0.15, -0.1) is 0 Å². The largest absolute Gasteiger partial charge is 0.478 e. The van der Waals surface area contributed by atoms with Gasteiger partial charge in [0.05, 0.1) is 10.5 Å². The van der Waals surface area contributed by atoms with Gasteiger partial charge in [0.25, 0.3) is 0 Å². The lowest BCUT2D eigenvalue weighted by Gasteiger charge is -2.30. The minimum absolute atomic E-state index is 0.00172. The molecule has 0 heterocycles. The fraction of sp³-hybridized carbons (Fsp3) is 0.611. The molecule has 0 spiro atoms. The molecule has 140 valence electrons. The predicted octanol–water partition coefficient (Wildman–Crippen LogP) is 2.50. The Morgan fingerprint density at radius 2 is 1.76 bits per heavy atom. The summed E-state index contributed by atoms with van der Waals surface area (Å²) in [5.74, 6) is -1.11. The molecule has 1 saturated carbocycles. The first-order chi connectivity index (χ1) is 11.6. The SMILES string of the molecule is Cc1cc(C(=O)O)cc(S(=O)(=O)N(CCN(C)C)C2CCCC2)c1C. The number of aryl methyl sites for hydroxylation is 1. The highest BCUT2D eigenvalue weighted by Gasteiger charge is 2.34. The van der Waals surface area contributed by atoms with E-state index >= 15 is 0 Å². The van der Waals surface area contributed by atoms with Crippen molar-refractivity contribution >= 4 is 16.0 Å². The van der Waals surface area contributed by atoms with Gasteiger partial charge in [-0.25, -0.2) is 13.2 Å². The molecular formula is C18H28N2O4S. The first kappa shape index (κ1) is 19.9. The van der Waals surface area contributed by atoms with Gasteiger partial charge in [-0.05, 0) is 64.0 Å². The molecule has 0 saturated heterocycles. The summed E-state index contributed by atoms with van der Waals surface area (Å²) in [7, 11) is 0.0871. The molecule has 0 atom stereocenters. The maximum absolute atomic E-state index is 13.4. The molecule has 25 heavy (non-hydrogen) atoms. The van der Waals surface area contributed by atoms with Crippen molar-refractivity contribution in [3.05, 3.63) is 28.8 Å². The number of hydrogen-bond acceptors (Lipinski definition) is 4. The Hall–Kier alpha value is -1.44. The minimum atomic E-state index is -3.75. The van der Waals surface area contributed by atoms with E-state index in [9.17, 15) is 18.3 Å². The molecule has 1 N–H and O–H groups in total. The number of nitrogens with zero attached hydrogens (tertiary/aromatic N) is 2. The highest BCUT2D eigenvalue weighted by Crippen LogP contribution is 2.31. The summed E-state index contributed by atoms with van der Waals surface area (Å²) in [6.45, 7) is 4.54. The lowest BCUT2D eigenvalue weighted by Crippen LogP contribution is -2.42. The molecule has 0 aromatic heterocycles. The number of hydrogen-bond donors (Lipinski definition) is 1. The van der Waals surface area contributed by atoms with Crippen LogP contribution in [0.4, 0.5) is 0 Å². The van der Waals surface area contributed by atoms with Crippen LogP contribution >= 0.6 is 0 Å². The van der Waals surface area contributed by atoms with E-state index in [2.05, 4.69) is 0 Å². The van der Waals surface area contributed by atoms with Crippen molar-refractivity contribution < 1.29 is 18.3 Å². The third-order valence-corrected chi connectivity index (χ3v) is 7.03. The average Bonchev–Trinajstić information content (AvgIpc) is 3.03. The second-order valence-electron chi connectivity index (χ2n) is 7.08. The zero-order valence-corrected chi connectivity index (χ0v) is 16.3. The molecular weight excluding hydrogens is 340 g/mol. The number of aromatic carboxylic acids is 1. The Kier molecular flexibility index (Phi) is 6.24. The molecule has 0 bridgehead atoms. The van der Waals surface area contributed by atoms with Crippen LogP contribution in [0.5, 0.6) is 0 Å². The van der Waals surface area contributed by atoms with E-state index in [1.807, 2.05) is 19.0 Å². The van der Waals surface area contributed by atoms with Gasteiger partial charge in [0, 0.05) is 19.1 Å². The Bertz CT molecular complexity index is 738. The van der Waals surface area contributed by atoms with Gasteiger partial charge < -0.3 is 10.0 Å². The van der Waals surface area contributed by atoms with Gasteiger partial charge in [-0.3, -0.25) is 0 Å². The first-order valence-corrected chi connectivity index (χ1v) is 10.1. The van der Waals surface area contributed by atoms with Gasteiger partial charge in [0.15, 0.2) is 0 Å². The Morgan fingerprint density at radius 3 is 2.28 bits per heavy atom. The van der Waals surface area contributed by atoms with Crippen molar-refractivity contribution in [3.63, 3.8) is 0 Å². The van der Waals surface area contributed by atoms with Gasteiger partial charge in [-0.2, -0.15) is 4.31 Å². The Balaban J connectivity index is 2.50. The second-order valence-corrected chi connectivity index (χ2v) is 8.94. The topological polar surface area (TPSA) is 77.9 Å². The summed E-state index contributed by atoms with van der Waals surface area (Å²) in [6.07, 6.45) is 3.80. The van der Waals surface area contributed by atoms with Crippen LogP contribution in [-0.4, -0.2) is 61.9 Å². The average molecular weight is 368 g/mol. The number of carbonyl (C=O) groups is 1. The molecule has 0 aliphatic heterocycles. The monoisotopic (exact) mass is 368 g/mol. The number of likely N-dealkylation sites (N-methyl/N-ethyl adjacent to an activating group) is 1. The highest BCUT2D eigenvalue weighted by molar-refractivity contribution is 7.89. The Morgan fingerprint density at radius 1 is 1.16 bits per heavy atom. The number of rotatable bonds is 7. The van der Waals surface area contributed by atoms with E-state index in [4.69, 9.17) is 0 Å². The minimum Gasteiger partial charge on any atom is -0.478 e. The molecule has 1 aromatic rings. The van der Waals surface area contributed by atoms with Crippen molar-refractivity contribution in [1.82, 2.24) is 9.21 Å². The van der Waals surface area contributed by atoms with E-state index in [0.29, 0.717) is 24.2 Å². The molecule has 1 aromatic carbocycles. The van der Waals surface area contributed by atoms with Crippen LogP contribution in [0, 0.1) is 13.8 Å². The van der Waals surface area contributed by atoms with E-state index in [1.54, 1.807) is 18.2 Å². The zero-order chi connectivity index (χ0) is 18.8. The van der Waals surface area contributed by atoms with Crippen molar-refractivity contribution in [1.29, 1.82) is 0 Å². The molecule has 7 heteroatoms. The van der Waals surface area contributed by atoms with Crippen LogP contribution in [-0.2, 0) is 10.0 Å². The van der Waals surface area contributed by atoms with Gasteiger partial charge >= 0.3 is 5.97 Å². The summed E-state index contributed by atoms with van der Waals surface area (Å²) in [5, 5.41) is 9.30. The third-order valence-electron chi connectivity index (χ3n) is 4.95. The van der Waals surface area contributed by atoms with Crippen molar-refractivity contribution in [2.75, 3.05) is 27.2 Å². The normalized spacial score (nSPS) is 16.1. The van der Waals surface area contributed by atoms with Crippen molar-refractivity contribution in [2.24, 2.45) is 0 Å². The number of benzene rings is 1. The summed E-state index contributed by atoms with van der Waals surface area (Å²) in [5.41, 5.74) is 1.32. The summed E-state index contributed by atoms with van der Waals surface area (Å²) in [6, 6.07) is 2.83. The van der Waals surface area contributed by atoms with Gasteiger partial charge in [0.2, 0.25) is 10.0 Å². The van der Waals surface area contributed by atoms with Crippen molar-refractivity contribution in [2.45, 2.75) is 50.5 Å². The Labute approximate surface area is 150 Å². The second kappa shape index (κ2) is 7.85. The van der Waals surface area contributed by atoms with Gasteiger partial charge in [-0.1, -0.05) is 12.8 Å². The fourth-order valence-corrected chi connectivity index (χ4v) is 5.34. The molecule has 0 radical (unpaired) electrons. The van der Waals surface area contributed by atoms with E-state index in [0.717, 1.165) is 25.7 Å². The maximum atomic E-state index is 13.4. The van der Waals surface area contributed by atoms with Gasteiger partial charge in [0.1, 0.15) is 0 Å². The molecule has 6 nitrogen and oxygen atoms in total. The molecule has 1 aliphatic carbocycles. The van der Waals surface area contributed by atoms with E-state index in [1.165, 1.54) is 12.1 Å². The lowest BCUT2D eigenvalue weighted by molar-refractivity contribution is 0.0696. The smallest absolute Gasteiger partial charge is 0.335 e. The first-order valence-electron chi connectivity index (χ1n) is 8.65. The highest BCUT2D eigenvalue weighted by atomic mass is 32.2. The maximum Gasteiger partial charge on any atom is 0.335 e. The molecule has 1 fully saturated rings. The molecule has 2 rings (SSSR count). The third kappa shape index (κ3) is 4.40. The van der Waals surface area contributed by atoms with E-state index < -0.39 is 16.0 Å². The number of sulfonamides is 1. The van der Waals surface area contributed by atoms with Crippen molar-refractivity contribution in [3.8, 4) is 0 Å². The lowest BCUT2D eigenvalue weighted by atomic mass is 10.1. The number of carboxylic acids is 1. The summed E-state index contributed by atoms with van der Waals surface area (Å²) in [4.78, 5) is 13.5. The standard InChI is InChI=1S/C18H28N2O4S/c1-13-11-15(18(21)22)12-17(14(13)2)25(23,24)20(10-9-19(3)4)16-7-5-6-8-16/h11-12,16H,5-10H2,1-4H3,(H,21,22). The van der Waals surface area contributed by atoms with E-state index in [-0.39, 0.29) is 16.5 Å². The van der Waals surface area contributed by atoms with Crippen LogP contribution in [0.1, 0.15) is 47.2 Å². The van der Waals surface area contributed by atoms with Crippen LogP contribution in [0.2, 0.25) is 0 Å². The van der Waals surface area contributed by atoms with Crippen LogP contribution < -0.4 is 0 Å². The fourth-order valence-electron chi connectivity index (χ4n) is 3.33. The predicted molar refractivity (Wildman–Crippen MR) is 97.6 cm³/mol. The molecule has 0 amide bonds. The zero-order valence-electron chi connectivity index (χ0n) is 15.4. The molecule has 1 aliphatic rings. The van der Waals surface area contributed by atoms with Crippen LogP contribution in [0.3, 0.4) is 0 Å². The molecule has 0 unspecified atom stereocenters. The summed E-state index contributed by atoms with van der Waals surface area (Å²) < 4.78 is 28.4. The van der Waals surface area contributed by atoms with Crippen LogP contribution in [0.15, 0.2) is 17.0 Å². The summed E-state index contributed by atoms with van der Waals surface area (Å²) >= 11 is 0. The quantitative estimate of drug-likeness (QED) is 0.800.